The largest absolute Gasteiger partial charge is 0.479 e. The molecule has 0 bridgehead atoms. The van der Waals surface area contributed by atoms with E-state index in [1.165, 1.54) is 21.8 Å². The molecule has 2 heterocycles. The predicted molar refractivity (Wildman–Crippen MR) is 85.7 cm³/mol. The molecule has 7 heteroatoms. The van der Waals surface area contributed by atoms with Gasteiger partial charge in [-0.05, 0) is 19.1 Å². The molecule has 1 atom stereocenters. The molecule has 3 rings (SSSR count). The Labute approximate surface area is 135 Å². The molecule has 2 aromatic heterocycles. The molecule has 0 saturated carbocycles. The van der Waals surface area contributed by atoms with E-state index < -0.39 is 12.1 Å². The molecule has 6 nitrogen and oxygen atoms in total. The minimum Gasteiger partial charge on any atom is -0.479 e. The number of hydrogen-bond donors (Lipinski definition) is 0. The van der Waals surface area contributed by atoms with Gasteiger partial charge in [0, 0.05) is 17.6 Å². The number of ether oxygens (including phenoxy) is 2. The summed E-state index contributed by atoms with van der Waals surface area (Å²) >= 11 is 1.34. The Kier molecular flexibility index (Phi) is 4.38. The maximum Gasteiger partial charge on any atom is 0.347 e. The van der Waals surface area contributed by atoms with E-state index in [1.54, 1.807) is 30.6 Å². The second kappa shape index (κ2) is 6.62. The topological polar surface area (TPSA) is 69.9 Å². The molecular weight excluding hydrogens is 316 g/mol. The van der Waals surface area contributed by atoms with Crippen molar-refractivity contribution in [2.45, 2.75) is 19.6 Å². The van der Waals surface area contributed by atoms with Crippen molar-refractivity contribution in [3.63, 3.8) is 0 Å². The molecule has 0 spiro atoms. The average Bonchev–Trinajstić information content (AvgIpc) is 3.02. The van der Waals surface area contributed by atoms with E-state index in [2.05, 4.69) is 4.98 Å². The lowest BCUT2D eigenvalue weighted by molar-refractivity contribution is -0.152. The van der Waals surface area contributed by atoms with Crippen LogP contribution in [-0.4, -0.2) is 21.5 Å². The third kappa shape index (κ3) is 3.57. The molecule has 0 fully saturated rings. The number of thiazole rings is 1. The molecule has 0 aliphatic carbocycles. The molecule has 0 N–H and O–H groups in total. The van der Waals surface area contributed by atoms with Crippen LogP contribution in [0.15, 0.2) is 52.8 Å². The zero-order valence-electron chi connectivity index (χ0n) is 12.3. The van der Waals surface area contributed by atoms with Crippen LogP contribution in [0.25, 0.3) is 4.96 Å². The number of hydrogen-bond acceptors (Lipinski definition) is 6. The van der Waals surface area contributed by atoms with Crippen LogP contribution in [0.3, 0.4) is 0 Å². The van der Waals surface area contributed by atoms with E-state index in [0.717, 1.165) is 0 Å². The van der Waals surface area contributed by atoms with Crippen LogP contribution in [0.5, 0.6) is 5.75 Å². The molecule has 0 saturated heterocycles. The summed E-state index contributed by atoms with van der Waals surface area (Å²) in [6, 6.07) is 10.4. The molecule has 118 valence electrons. The molecule has 0 radical (unpaired) electrons. The zero-order valence-corrected chi connectivity index (χ0v) is 13.2. The highest BCUT2D eigenvalue weighted by Gasteiger charge is 2.17. The number of fused-ring (bicyclic) bond motifs is 1. The van der Waals surface area contributed by atoms with Gasteiger partial charge in [-0.3, -0.25) is 9.20 Å². The molecule has 0 amide bonds. The van der Waals surface area contributed by atoms with Crippen LogP contribution in [-0.2, 0) is 16.1 Å². The van der Waals surface area contributed by atoms with Crippen molar-refractivity contribution < 1.29 is 14.3 Å². The van der Waals surface area contributed by atoms with E-state index in [4.69, 9.17) is 9.47 Å². The van der Waals surface area contributed by atoms with Crippen LogP contribution in [0.2, 0.25) is 0 Å². The second-order valence-electron chi connectivity index (χ2n) is 4.82. The van der Waals surface area contributed by atoms with E-state index in [0.29, 0.717) is 16.4 Å². The lowest BCUT2D eigenvalue weighted by Gasteiger charge is -2.13. The monoisotopic (exact) mass is 330 g/mol. The SMILES string of the molecule is CC(Oc1ccccc1)C(=O)OCc1cc(=O)n2ccsc2n1. The van der Waals surface area contributed by atoms with Gasteiger partial charge >= 0.3 is 5.97 Å². The van der Waals surface area contributed by atoms with Crippen molar-refractivity contribution in [3.8, 4) is 5.75 Å². The maximum atomic E-state index is 12.0. The van der Waals surface area contributed by atoms with E-state index in [1.807, 2.05) is 18.2 Å². The fourth-order valence-electron chi connectivity index (χ4n) is 1.98. The summed E-state index contributed by atoms with van der Waals surface area (Å²) in [5.74, 6) is 0.0790. The summed E-state index contributed by atoms with van der Waals surface area (Å²) in [5.41, 5.74) is 0.216. The summed E-state index contributed by atoms with van der Waals surface area (Å²) < 4.78 is 12.1. The van der Waals surface area contributed by atoms with Gasteiger partial charge < -0.3 is 9.47 Å². The van der Waals surface area contributed by atoms with Crippen LogP contribution in [0.4, 0.5) is 0 Å². The van der Waals surface area contributed by atoms with Crippen molar-refractivity contribution in [2.75, 3.05) is 0 Å². The number of benzene rings is 1. The molecule has 1 unspecified atom stereocenters. The third-order valence-electron chi connectivity index (χ3n) is 3.11. The first-order valence-electron chi connectivity index (χ1n) is 6.97. The van der Waals surface area contributed by atoms with Gasteiger partial charge in [0.1, 0.15) is 12.4 Å². The molecular formula is C16H14N2O4S. The van der Waals surface area contributed by atoms with Crippen LogP contribution in [0, 0.1) is 0 Å². The van der Waals surface area contributed by atoms with Gasteiger partial charge in [-0.1, -0.05) is 18.2 Å². The molecule has 23 heavy (non-hydrogen) atoms. The average molecular weight is 330 g/mol. The quantitative estimate of drug-likeness (QED) is 0.671. The number of rotatable bonds is 5. The fraction of sp³-hybridized carbons (Fsp3) is 0.188. The van der Waals surface area contributed by atoms with Crippen LogP contribution >= 0.6 is 11.3 Å². The Morgan fingerprint density at radius 1 is 1.35 bits per heavy atom. The molecule has 3 aromatic rings. The summed E-state index contributed by atoms with van der Waals surface area (Å²) in [5, 5.41) is 1.77. The maximum absolute atomic E-state index is 12.0. The van der Waals surface area contributed by atoms with Crippen LogP contribution in [0.1, 0.15) is 12.6 Å². The lowest BCUT2D eigenvalue weighted by Crippen LogP contribution is -2.26. The van der Waals surface area contributed by atoms with Gasteiger partial charge in [0.05, 0.1) is 5.69 Å². The van der Waals surface area contributed by atoms with Crippen LogP contribution < -0.4 is 10.3 Å². The summed E-state index contributed by atoms with van der Waals surface area (Å²) in [7, 11) is 0. The van der Waals surface area contributed by atoms with Gasteiger partial charge in [0.25, 0.3) is 5.56 Å². The lowest BCUT2D eigenvalue weighted by atomic mass is 10.3. The number of nitrogens with zero attached hydrogens (tertiary/aromatic N) is 2. The minimum atomic E-state index is -0.746. The summed E-state index contributed by atoms with van der Waals surface area (Å²) in [4.78, 5) is 28.6. The Bertz CT molecular complexity index is 872. The van der Waals surface area contributed by atoms with Crippen molar-refractivity contribution in [2.24, 2.45) is 0 Å². The Morgan fingerprint density at radius 3 is 2.91 bits per heavy atom. The molecule has 0 aliphatic rings. The number of esters is 1. The highest BCUT2D eigenvalue weighted by Crippen LogP contribution is 2.12. The van der Waals surface area contributed by atoms with Gasteiger partial charge in [-0.15, -0.1) is 11.3 Å². The zero-order chi connectivity index (χ0) is 16.2. The molecule has 0 aliphatic heterocycles. The first-order chi connectivity index (χ1) is 11.1. The molecule has 1 aromatic carbocycles. The van der Waals surface area contributed by atoms with Crippen molar-refractivity contribution >= 4 is 22.3 Å². The van der Waals surface area contributed by atoms with Crippen molar-refractivity contribution in [1.82, 2.24) is 9.38 Å². The predicted octanol–water partition coefficient (Wildman–Crippen LogP) is 2.27. The summed E-state index contributed by atoms with van der Waals surface area (Å²) in [6.45, 7) is 1.55. The van der Waals surface area contributed by atoms with E-state index in [9.17, 15) is 9.59 Å². The smallest absolute Gasteiger partial charge is 0.347 e. The Morgan fingerprint density at radius 2 is 2.13 bits per heavy atom. The number of carbonyl (C=O) groups is 1. The van der Waals surface area contributed by atoms with Gasteiger partial charge in [-0.2, -0.15) is 0 Å². The van der Waals surface area contributed by atoms with Gasteiger partial charge in [-0.25, -0.2) is 9.78 Å². The standard InChI is InChI=1S/C16H14N2O4S/c1-11(22-13-5-3-2-4-6-13)15(20)21-10-12-9-14(19)18-7-8-23-16(18)17-12/h2-9,11H,10H2,1H3. The highest BCUT2D eigenvalue weighted by atomic mass is 32.1. The van der Waals surface area contributed by atoms with E-state index in [-0.39, 0.29) is 12.2 Å². The Hall–Kier alpha value is -2.67. The first-order valence-corrected chi connectivity index (χ1v) is 7.85. The van der Waals surface area contributed by atoms with Crippen molar-refractivity contribution in [1.29, 1.82) is 0 Å². The fourth-order valence-corrected chi connectivity index (χ4v) is 2.71. The minimum absolute atomic E-state index is 0.0645. The normalized spacial score (nSPS) is 12.0. The number of para-hydroxylation sites is 1. The number of carbonyl (C=O) groups excluding carboxylic acids is 1. The van der Waals surface area contributed by atoms with Crippen molar-refractivity contribution in [3.05, 3.63) is 64.0 Å². The third-order valence-corrected chi connectivity index (χ3v) is 3.86. The second-order valence-corrected chi connectivity index (χ2v) is 5.70. The first kappa shape index (κ1) is 15.2. The van der Waals surface area contributed by atoms with Gasteiger partial charge in [0.15, 0.2) is 11.1 Å². The highest BCUT2D eigenvalue weighted by molar-refractivity contribution is 7.15. The van der Waals surface area contributed by atoms with E-state index >= 15 is 0 Å². The Balaban J connectivity index is 1.62. The van der Waals surface area contributed by atoms with Gasteiger partial charge in [0.2, 0.25) is 0 Å². The summed E-state index contributed by atoms with van der Waals surface area (Å²) in [6.07, 6.45) is 0.907. The number of aromatic nitrogens is 2.